The van der Waals surface area contributed by atoms with Crippen LogP contribution >= 0.6 is 0 Å². The van der Waals surface area contributed by atoms with Crippen LogP contribution in [0.4, 0.5) is 0 Å². The molecule has 0 atom stereocenters. The van der Waals surface area contributed by atoms with Crippen LogP contribution in [0.25, 0.3) is 61.2 Å². The van der Waals surface area contributed by atoms with Crippen molar-refractivity contribution < 1.29 is 33.1 Å². The first kappa shape index (κ1) is 39.3. The van der Waals surface area contributed by atoms with Crippen LogP contribution in [0.5, 0.6) is 11.5 Å². The molecule has 0 saturated carbocycles. The molecule has 0 aliphatic heterocycles. The summed E-state index contributed by atoms with van der Waals surface area (Å²) in [4.78, 5) is 9.43. The molecule has 0 amide bonds. The summed E-state index contributed by atoms with van der Waals surface area (Å²) in [6, 6.07) is 46.5. The Morgan fingerprint density at radius 3 is 2.11 bits per heavy atom. The molecule has 0 bridgehead atoms. The van der Waals surface area contributed by atoms with Gasteiger partial charge in [0.2, 0.25) is 0 Å². The Kier molecular flexibility index (Phi) is 10.2. The number of para-hydroxylation sites is 2. The minimum Gasteiger partial charge on any atom is -0.508 e. The van der Waals surface area contributed by atoms with E-state index in [4.69, 9.17) is 12.5 Å². The predicted octanol–water partition coefficient (Wildman–Crippen LogP) is 12.8. The van der Waals surface area contributed by atoms with Gasteiger partial charge in [-0.3, -0.25) is 4.57 Å². The summed E-state index contributed by atoms with van der Waals surface area (Å²) in [6.45, 7) is 19.3. The summed E-state index contributed by atoms with van der Waals surface area (Å²) in [5.74, 6) is 1.50. The summed E-state index contributed by atoms with van der Waals surface area (Å²) in [5, 5.41) is 1.99. The second-order valence-electron chi connectivity index (χ2n) is 18.7. The molecule has 5 aromatic carbocycles. The number of benzene rings is 5. The molecule has 4 aromatic heterocycles. The summed E-state index contributed by atoms with van der Waals surface area (Å²) < 4.78 is 30.9. The van der Waals surface area contributed by atoms with Gasteiger partial charge in [0, 0.05) is 47.0 Å². The average Bonchev–Trinajstić information content (AvgIpc) is 3.79. The maximum Gasteiger partial charge on any atom is 0.268 e. The van der Waals surface area contributed by atoms with Crippen molar-refractivity contribution in [1.29, 1.82) is 0 Å². The fraction of sp³-hybridized carbons (Fsp3) is 0.241. The van der Waals surface area contributed by atoms with E-state index in [0.29, 0.717) is 28.6 Å². The van der Waals surface area contributed by atoms with E-state index in [-0.39, 0.29) is 31.9 Å². The van der Waals surface area contributed by atoms with Crippen LogP contribution in [0.3, 0.4) is 0 Å². The summed E-state index contributed by atoms with van der Waals surface area (Å²) in [7, 11) is 0. The van der Waals surface area contributed by atoms with Gasteiger partial charge in [-0.25, -0.2) is 4.98 Å². The Labute approximate surface area is 377 Å². The first-order valence-electron chi connectivity index (χ1n) is 21.6. The maximum absolute atomic E-state index is 9.07. The predicted molar refractivity (Wildman–Crippen MR) is 244 cm³/mol. The zero-order chi connectivity index (χ0) is 43.8. The van der Waals surface area contributed by atoms with Gasteiger partial charge in [-0.15, -0.1) is 23.6 Å². The minimum absolute atomic E-state index is 0. The van der Waals surface area contributed by atoms with Crippen molar-refractivity contribution in [1.82, 2.24) is 19.1 Å². The third kappa shape index (κ3) is 8.44. The van der Waals surface area contributed by atoms with Gasteiger partial charge in [0.1, 0.15) is 5.82 Å². The molecule has 4 heterocycles. The number of nitrogens with zero attached hydrogens (tertiary/aromatic N) is 5. The molecule has 0 fully saturated rings. The third-order valence-corrected chi connectivity index (χ3v) is 10.8. The Morgan fingerprint density at radius 2 is 1.39 bits per heavy atom. The molecule has 0 saturated heterocycles. The van der Waals surface area contributed by atoms with Crippen LogP contribution in [0.2, 0.25) is 0 Å². The molecule has 310 valence electrons. The smallest absolute Gasteiger partial charge is 0.268 e. The normalized spacial score (nSPS) is 13.0. The Hall–Kier alpha value is -5.84. The van der Waals surface area contributed by atoms with E-state index in [1.54, 1.807) is 24.7 Å². The molecule has 0 spiro atoms. The van der Waals surface area contributed by atoms with E-state index in [0.717, 1.165) is 49.7 Å². The number of pyridine rings is 2. The van der Waals surface area contributed by atoms with Crippen LogP contribution in [0, 0.1) is 23.9 Å². The van der Waals surface area contributed by atoms with Crippen molar-refractivity contribution in [2.45, 2.75) is 79.5 Å². The zero-order valence-electron chi connectivity index (χ0n) is 38.2. The molecule has 0 unspecified atom stereocenters. The molecule has 0 radical (unpaired) electrons. The van der Waals surface area contributed by atoms with Gasteiger partial charge in [0.15, 0.2) is 0 Å². The standard InChI is InChI=1S/C54H51N5O.Pt/c1-52(2,3)32-36-23-24-56-51(25-36)59-47-22-19-38(37-15-11-10-12-16-37)26-46(47)45-21-20-43(31-50(45)59)60-44-30-42(33-55-34-44)58-35-57(48-17-13-14-18-49(48)58)41-28-39(53(4,5)6)27-40(29-41)54(7,8)9;/h10-29,33-34H,32H2,1-9H3;/q-2;/i32D2;. The second kappa shape index (κ2) is 15.9. The monoisotopic (exact) mass is 982 g/mol. The number of hydrogen-bond acceptors (Lipinski definition) is 3. The fourth-order valence-corrected chi connectivity index (χ4v) is 7.77. The molecule has 0 aliphatic rings. The number of fused-ring (bicyclic) bond motifs is 4. The second-order valence-corrected chi connectivity index (χ2v) is 18.7. The van der Waals surface area contributed by atoms with Gasteiger partial charge in [-0.1, -0.05) is 147 Å². The largest absolute Gasteiger partial charge is 0.508 e. The van der Waals surface area contributed by atoms with Crippen LogP contribution in [0.15, 0.2) is 134 Å². The van der Waals surface area contributed by atoms with Gasteiger partial charge in [0.25, 0.3) is 6.33 Å². The first-order chi connectivity index (χ1) is 29.4. The number of imidazole rings is 1. The molecule has 0 aliphatic carbocycles. The van der Waals surface area contributed by atoms with Crippen molar-refractivity contribution >= 4 is 32.8 Å². The summed E-state index contributed by atoms with van der Waals surface area (Å²) in [6.07, 6.45) is 7.15. The van der Waals surface area contributed by atoms with Crippen LogP contribution in [-0.4, -0.2) is 19.1 Å². The molecular weight excluding hydrogens is 930 g/mol. The van der Waals surface area contributed by atoms with E-state index in [1.165, 1.54) is 11.1 Å². The van der Waals surface area contributed by atoms with Gasteiger partial charge in [-0.2, -0.15) is 6.07 Å². The van der Waals surface area contributed by atoms with E-state index < -0.39 is 11.8 Å². The van der Waals surface area contributed by atoms with Gasteiger partial charge in [-0.05, 0) is 98.0 Å². The van der Waals surface area contributed by atoms with Crippen LogP contribution in [0.1, 0.15) is 81.7 Å². The van der Waals surface area contributed by atoms with Crippen LogP contribution in [-0.2, 0) is 38.3 Å². The van der Waals surface area contributed by atoms with Crippen molar-refractivity contribution in [2.24, 2.45) is 5.41 Å². The van der Waals surface area contributed by atoms with Gasteiger partial charge in [0.05, 0.1) is 16.7 Å². The van der Waals surface area contributed by atoms with Crippen LogP contribution < -0.4 is 9.30 Å². The SMILES string of the molecule is [2H]C([2H])(c1ccnc(-n2c3[c-]c(Oc4[c-]c(-n5[c-][n+](-c6cc(C(C)(C)C)cc(C(C)(C)C)c6)c6ccccc65)cnc4)ccc3c3cc(-c4ccccc4)ccc32)c1)C(C)(C)C.[Pt]. The molecule has 7 heteroatoms. The summed E-state index contributed by atoms with van der Waals surface area (Å²) in [5.41, 5.74) is 9.94. The third-order valence-electron chi connectivity index (χ3n) is 10.8. The van der Waals surface area contributed by atoms with E-state index in [2.05, 4.69) is 142 Å². The van der Waals surface area contributed by atoms with Gasteiger partial charge < -0.3 is 18.9 Å². The molecule has 61 heavy (non-hydrogen) atoms. The van der Waals surface area contributed by atoms with Crippen molar-refractivity contribution in [2.75, 3.05) is 0 Å². The molecule has 0 N–H and O–H groups in total. The molecule has 9 rings (SSSR count). The van der Waals surface area contributed by atoms with Crippen molar-refractivity contribution in [3.05, 3.63) is 169 Å². The number of aromatic nitrogens is 5. The van der Waals surface area contributed by atoms with Crippen molar-refractivity contribution in [3.8, 4) is 39.8 Å². The Bertz CT molecular complexity index is 3120. The molecule has 6 nitrogen and oxygen atoms in total. The fourth-order valence-electron chi connectivity index (χ4n) is 7.77. The maximum atomic E-state index is 9.07. The zero-order valence-corrected chi connectivity index (χ0v) is 38.4. The average molecular weight is 983 g/mol. The van der Waals surface area contributed by atoms with E-state index in [9.17, 15) is 0 Å². The van der Waals surface area contributed by atoms with Crippen molar-refractivity contribution in [3.63, 3.8) is 0 Å². The van der Waals surface area contributed by atoms with E-state index >= 15 is 0 Å². The summed E-state index contributed by atoms with van der Waals surface area (Å²) >= 11 is 0. The molecular formula is C54H51N5OPt-2. The molecule has 9 aromatic rings. The number of hydrogen-bond donors (Lipinski definition) is 0. The Balaban J connectivity index is 0.00000544. The topological polar surface area (TPSA) is 48.8 Å². The number of rotatable bonds is 7. The van der Waals surface area contributed by atoms with E-state index in [1.807, 2.05) is 66.3 Å². The minimum atomic E-state index is -1.61. The Morgan fingerprint density at radius 1 is 0.672 bits per heavy atom. The number of ether oxygens (including phenoxy) is 1. The first-order valence-corrected chi connectivity index (χ1v) is 20.6. The van der Waals surface area contributed by atoms with Gasteiger partial charge >= 0.3 is 0 Å². The quantitative estimate of drug-likeness (QED) is 0.118.